The minimum Gasteiger partial charge on any atom is -0.497 e. The summed E-state index contributed by atoms with van der Waals surface area (Å²) in [6, 6.07) is 5.29. The van der Waals surface area contributed by atoms with Gasteiger partial charge >= 0.3 is 0 Å². The first kappa shape index (κ1) is 13.4. The van der Waals surface area contributed by atoms with E-state index < -0.39 is 0 Å². The van der Waals surface area contributed by atoms with Gasteiger partial charge in [-0.2, -0.15) is 0 Å². The van der Waals surface area contributed by atoms with Gasteiger partial charge in [0.15, 0.2) is 0 Å². The van der Waals surface area contributed by atoms with E-state index in [1.807, 2.05) is 6.92 Å². The number of hydrogen-bond donors (Lipinski definition) is 2. The van der Waals surface area contributed by atoms with E-state index in [1.54, 1.807) is 25.3 Å². The molecular weight excluding hydrogens is 216 g/mol. The van der Waals surface area contributed by atoms with Crippen molar-refractivity contribution >= 4 is 5.84 Å². The van der Waals surface area contributed by atoms with E-state index in [-0.39, 0.29) is 11.9 Å². The number of nitrogens with two attached hydrogens (primary N) is 1. The zero-order valence-electron chi connectivity index (χ0n) is 10.6. The molecule has 1 aromatic rings. The van der Waals surface area contributed by atoms with Crippen LogP contribution in [0, 0.1) is 5.41 Å². The Morgan fingerprint density at radius 3 is 2.53 bits per heavy atom. The van der Waals surface area contributed by atoms with E-state index in [4.69, 9.17) is 20.6 Å². The quantitative estimate of drug-likeness (QED) is 0.589. The Bertz CT molecular complexity index is 391. The van der Waals surface area contributed by atoms with Crippen molar-refractivity contribution in [2.75, 3.05) is 7.11 Å². The molecular formula is C13H20N2O2. The van der Waals surface area contributed by atoms with E-state index >= 15 is 0 Å². The lowest BCUT2D eigenvalue weighted by Gasteiger charge is -2.15. The minimum absolute atomic E-state index is 0.0110. The van der Waals surface area contributed by atoms with Gasteiger partial charge in [-0.15, -0.1) is 0 Å². The average molecular weight is 236 g/mol. The van der Waals surface area contributed by atoms with Crippen molar-refractivity contribution < 1.29 is 9.47 Å². The molecule has 0 aliphatic heterocycles. The van der Waals surface area contributed by atoms with Crippen molar-refractivity contribution in [2.45, 2.75) is 32.8 Å². The molecule has 0 amide bonds. The summed E-state index contributed by atoms with van der Waals surface area (Å²) in [5.74, 6) is 1.35. The Labute approximate surface area is 102 Å². The lowest BCUT2D eigenvalue weighted by molar-refractivity contribution is 0.209. The van der Waals surface area contributed by atoms with Gasteiger partial charge in [0.25, 0.3) is 0 Å². The molecule has 0 fully saturated rings. The van der Waals surface area contributed by atoms with Crippen LogP contribution in [0.15, 0.2) is 18.2 Å². The maximum atomic E-state index is 7.43. The molecule has 94 valence electrons. The fourth-order valence-corrected chi connectivity index (χ4v) is 1.61. The van der Waals surface area contributed by atoms with Gasteiger partial charge in [0.2, 0.25) is 0 Å². The van der Waals surface area contributed by atoms with Crippen LogP contribution in [0.3, 0.4) is 0 Å². The molecule has 4 nitrogen and oxygen atoms in total. The van der Waals surface area contributed by atoms with Gasteiger partial charge in [-0.05, 0) is 25.5 Å². The van der Waals surface area contributed by atoms with Crippen LogP contribution in [0.5, 0.6) is 11.5 Å². The highest BCUT2D eigenvalue weighted by molar-refractivity contribution is 5.95. The van der Waals surface area contributed by atoms with Crippen molar-refractivity contribution in [1.82, 2.24) is 0 Å². The van der Waals surface area contributed by atoms with Crippen LogP contribution in [0.4, 0.5) is 0 Å². The first-order valence-electron chi connectivity index (χ1n) is 5.77. The predicted molar refractivity (Wildman–Crippen MR) is 69.0 cm³/mol. The molecule has 0 spiro atoms. The highest BCUT2D eigenvalue weighted by Crippen LogP contribution is 2.24. The van der Waals surface area contributed by atoms with Crippen LogP contribution in [0.25, 0.3) is 0 Å². The van der Waals surface area contributed by atoms with Crippen molar-refractivity contribution in [3.8, 4) is 11.5 Å². The molecule has 1 rings (SSSR count). The number of nitrogens with one attached hydrogen (secondary N) is 1. The summed E-state index contributed by atoms with van der Waals surface area (Å²) in [6.07, 6.45) is 2.21. The van der Waals surface area contributed by atoms with Gasteiger partial charge in [0.05, 0.1) is 13.2 Å². The summed E-state index contributed by atoms with van der Waals surface area (Å²) in [5.41, 5.74) is 6.08. The number of methoxy groups -OCH3 is 1. The third-order valence-electron chi connectivity index (χ3n) is 2.46. The smallest absolute Gasteiger partial charge is 0.124 e. The second-order valence-electron chi connectivity index (χ2n) is 4.03. The third kappa shape index (κ3) is 3.98. The maximum absolute atomic E-state index is 7.43. The Hall–Kier alpha value is -1.71. The van der Waals surface area contributed by atoms with Gasteiger partial charge in [0, 0.05) is 11.6 Å². The molecule has 0 saturated heterocycles. The molecule has 4 heteroatoms. The summed E-state index contributed by atoms with van der Waals surface area (Å²) < 4.78 is 10.9. The molecule has 1 atom stereocenters. The lowest BCUT2D eigenvalue weighted by Crippen LogP contribution is -2.14. The number of rotatable bonds is 6. The van der Waals surface area contributed by atoms with Crippen LogP contribution >= 0.6 is 0 Å². The van der Waals surface area contributed by atoms with Gasteiger partial charge in [-0.25, -0.2) is 0 Å². The number of hydrogen-bond acceptors (Lipinski definition) is 3. The van der Waals surface area contributed by atoms with Crippen LogP contribution in [-0.4, -0.2) is 19.0 Å². The number of nitrogen functional groups attached to an aromatic ring is 1. The standard InChI is InChI=1S/C13H20N2O2/c1-4-5-9(2)17-12-7-10(13(14)15)6-11(8-12)16-3/h6-9H,4-5H2,1-3H3,(H3,14,15). The molecule has 0 bridgehead atoms. The van der Waals surface area contributed by atoms with E-state index in [0.717, 1.165) is 12.8 Å². The average Bonchev–Trinajstić information content (AvgIpc) is 2.28. The second kappa shape index (κ2) is 6.13. The monoisotopic (exact) mass is 236 g/mol. The van der Waals surface area contributed by atoms with E-state index in [2.05, 4.69) is 6.92 Å². The number of ether oxygens (including phenoxy) is 2. The van der Waals surface area contributed by atoms with Crippen LogP contribution in [0.1, 0.15) is 32.3 Å². The molecule has 17 heavy (non-hydrogen) atoms. The summed E-state index contributed by atoms with van der Waals surface area (Å²) in [5, 5.41) is 7.43. The number of benzene rings is 1. The van der Waals surface area contributed by atoms with Crippen molar-refractivity contribution in [3.63, 3.8) is 0 Å². The van der Waals surface area contributed by atoms with Gasteiger partial charge in [0.1, 0.15) is 17.3 Å². The zero-order valence-corrected chi connectivity index (χ0v) is 10.6. The normalized spacial score (nSPS) is 11.9. The summed E-state index contributed by atoms with van der Waals surface area (Å²) in [7, 11) is 1.58. The molecule has 1 aromatic carbocycles. The number of amidine groups is 1. The first-order chi connectivity index (χ1) is 8.06. The molecule has 0 aromatic heterocycles. The Balaban J connectivity index is 2.90. The molecule has 0 heterocycles. The Morgan fingerprint density at radius 1 is 1.35 bits per heavy atom. The zero-order chi connectivity index (χ0) is 12.8. The molecule has 0 radical (unpaired) electrons. The maximum Gasteiger partial charge on any atom is 0.124 e. The summed E-state index contributed by atoms with van der Waals surface area (Å²) >= 11 is 0. The molecule has 0 aliphatic rings. The van der Waals surface area contributed by atoms with Crippen LogP contribution in [-0.2, 0) is 0 Å². The highest BCUT2D eigenvalue weighted by atomic mass is 16.5. The molecule has 1 unspecified atom stereocenters. The topological polar surface area (TPSA) is 68.3 Å². The van der Waals surface area contributed by atoms with Crippen LogP contribution in [0.2, 0.25) is 0 Å². The van der Waals surface area contributed by atoms with Gasteiger partial charge in [-0.1, -0.05) is 13.3 Å². The Morgan fingerprint density at radius 2 is 2.00 bits per heavy atom. The van der Waals surface area contributed by atoms with Gasteiger partial charge < -0.3 is 15.2 Å². The van der Waals surface area contributed by atoms with E-state index in [0.29, 0.717) is 17.1 Å². The first-order valence-corrected chi connectivity index (χ1v) is 5.77. The Kier molecular flexibility index (Phi) is 4.82. The van der Waals surface area contributed by atoms with E-state index in [9.17, 15) is 0 Å². The van der Waals surface area contributed by atoms with E-state index in [1.165, 1.54) is 0 Å². The summed E-state index contributed by atoms with van der Waals surface area (Å²) in [6.45, 7) is 4.14. The van der Waals surface area contributed by atoms with Crippen molar-refractivity contribution in [2.24, 2.45) is 5.73 Å². The lowest BCUT2D eigenvalue weighted by atomic mass is 10.2. The van der Waals surface area contributed by atoms with Gasteiger partial charge in [-0.3, -0.25) is 5.41 Å². The molecule has 0 saturated carbocycles. The second-order valence-corrected chi connectivity index (χ2v) is 4.03. The van der Waals surface area contributed by atoms with Crippen molar-refractivity contribution in [3.05, 3.63) is 23.8 Å². The SMILES string of the molecule is CCCC(C)Oc1cc(OC)cc(C(=N)N)c1. The van der Waals surface area contributed by atoms with Crippen molar-refractivity contribution in [1.29, 1.82) is 5.41 Å². The minimum atomic E-state index is 0.0110. The highest BCUT2D eigenvalue weighted by Gasteiger charge is 2.07. The fraction of sp³-hybridized carbons (Fsp3) is 0.462. The fourth-order valence-electron chi connectivity index (χ4n) is 1.61. The third-order valence-corrected chi connectivity index (χ3v) is 2.46. The predicted octanol–water partition coefficient (Wildman–Crippen LogP) is 2.55. The largest absolute Gasteiger partial charge is 0.497 e. The molecule has 3 N–H and O–H groups in total. The summed E-state index contributed by atoms with van der Waals surface area (Å²) in [4.78, 5) is 0. The molecule has 0 aliphatic carbocycles. The van der Waals surface area contributed by atoms with Crippen LogP contribution < -0.4 is 15.2 Å².